The molecule has 3 aromatic rings. The highest BCUT2D eigenvalue weighted by molar-refractivity contribution is 8.12. The van der Waals surface area contributed by atoms with E-state index >= 15 is 0 Å². The van der Waals surface area contributed by atoms with Crippen molar-refractivity contribution in [1.29, 1.82) is 0 Å². The Morgan fingerprint density at radius 3 is 2.00 bits per heavy atom. The number of nitrogens with zero attached hydrogens (tertiary/aromatic N) is 1. The van der Waals surface area contributed by atoms with E-state index in [4.69, 9.17) is 0 Å². The summed E-state index contributed by atoms with van der Waals surface area (Å²) in [6.45, 7) is 0. The van der Waals surface area contributed by atoms with Crippen LogP contribution >= 0.6 is 0 Å². The van der Waals surface area contributed by atoms with Gasteiger partial charge in [-0.15, -0.1) is 0 Å². The summed E-state index contributed by atoms with van der Waals surface area (Å²) in [5.41, 5.74) is -0.842. The van der Waals surface area contributed by atoms with E-state index < -0.39 is 53.1 Å². The smallest absolute Gasteiger partial charge is 0.279 e. The summed E-state index contributed by atoms with van der Waals surface area (Å²) < 4.78 is 78.8. The summed E-state index contributed by atoms with van der Waals surface area (Å²) in [6.07, 6.45) is 0. The monoisotopic (exact) mass is 450 g/mol. The first kappa shape index (κ1) is 20.0. The lowest BCUT2D eigenvalue weighted by Crippen LogP contribution is -2.30. The van der Waals surface area contributed by atoms with Crippen LogP contribution in [0.25, 0.3) is 0 Å². The standard InChI is InChI=1S/C19H12F2N2O5S2/c20-13-5-3-4-12(10-13)19(24)22-16-9-8-14(11-15(16)21)23-29(25,26)17-6-1-2-7-18(17)30(23,27)28/h1-11H,(H,22,24). The van der Waals surface area contributed by atoms with Crippen LogP contribution < -0.4 is 9.03 Å². The van der Waals surface area contributed by atoms with E-state index in [9.17, 15) is 30.4 Å². The molecule has 1 N–H and O–H groups in total. The zero-order chi connectivity index (χ0) is 21.7. The first-order chi connectivity index (χ1) is 14.1. The first-order valence-corrected chi connectivity index (χ1v) is 11.3. The number of amides is 1. The molecule has 0 spiro atoms. The fourth-order valence-electron chi connectivity index (χ4n) is 3.00. The summed E-state index contributed by atoms with van der Waals surface area (Å²) in [4.78, 5) is 11.4. The maximum atomic E-state index is 14.6. The molecule has 0 saturated heterocycles. The highest BCUT2D eigenvalue weighted by Gasteiger charge is 2.47. The molecule has 0 saturated carbocycles. The second-order valence-corrected chi connectivity index (χ2v) is 10.0. The maximum absolute atomic E-state index is 14.6. The first-order valence-electron chi connectivity index (χ1n) is 8.38. The number of anilines is 2. The summed E-state index contributed by atoms with van der Waals surface area (Å²) in [6, 6.07) is 12.5. The van der Waals surface area contributed by atoms with Crippen LogP contribution in [0.3, 0.4) is 0 Å². The Bertz CT molecular complexity index is 1350. The van der Waals surface area contributed by atoms with Crippen LogP contribution in [0, 0.1) is 11.6 Å². The molecule has 154 valence electrons. The largest absolute Gasteiger partial charge is 0.319 e. The molecule has 4 rings (SSSR count). The fraction of sp³-hybridized carbons (Fsp3) is 0. The second kappa shape index (κ2) is 6.89. The Morgan fingerprint density at radius 2 is 1.43 bits per heavy atom. The van der Waals surface area contributed by atoms with Gasteiger partial charge >= 0.3 is 0 Å². The SMILES string of the molecule is O=C(Nc1ccc(N2S(=O)(=O)c3ccccc3S2(=O)=O)cc1F)c1cccc(F)c1. The van der Waals surface area contributed by atoms with Crippen LogP contribution in [0.15, 0.2) is 76.5 Å². The number of benzene rings is 3. The van der Waals surface area contributed by atoms with Gasteiger partial charge in [0, 0.05) is 11.6 Å². The van der Waals surface area contributed by atoms with Gasteiger partial charge in [0.15, 0.2) is 0 Å². The molecule has 1 aliphatic heterocycles. The van der Waals surface area contributed by atoms with Crippen molar-refractivity contribution in [2.24, 2.45) is 0 Å². The van der Waals surface area contributed by atoms with Crippen LogP contribution in [-0.4, -0.2) is 22.7 Å². The summed E-state index contributed by atoms with van der Waals surface area (Å²) in [7, 11) is -8.92. The quantitative estimate of drug-likeness (QED) is 0.661. The maximum Gasteiger partial charge on any atom is 0.279 e. The molecule has 7 nitrogen and oxygen atoms in total. The van der Waals surface area contributed by atoms with Gasteiger partial charge < -0.3 is 5.32 Å². The van der Waals surface area contributed by atoms with Crippen molar-refractivity contribution in [3.8, 4) is 0 Å². The van der Waals surface area contributed by atoms with Gasteiger partial charge in [0.2, 0.25) is 0 Å². The molecule has 0 atom stereocenters. The van der Waals surface area contributed by atoms with E-state index in [0.29, 0.717) is 6.07 Å². The molecule has 3 aromatic carbocycles. The molecule has 1 amide bonds. The zero-order valence-electron chi connectivity index (χ0n) is 14.9. The van der Waals surface area contributed by atoms with Gasteiger partial charge in [-0.1, -0.05) is 18.2 Å². The molecule has 0 unspecified atom stereocenters. The lowest BCUT2D eigenvalue weighted by Gasteiger charge is -2.17. The third-order valence-electron chi connectivity index (χ3n) is 4.34. The van der Waals surface area contributed by atoms with Crippen LogP contribution in [-0.2, 0) is 20.0 Å². The van der Waals surface area contributed by atoms with E-state index in [2.05, 4.69) is 5.32 Å². The van der Waals surface area contributed by atoms with Crippen LogP contribution in [0.2, 0.25) is 0 Å². The lowest BCUT2D eigenvalue weighted by atomic mass is 10.2. The number of fused-ring (bicyclic) bond motifs is 1. The highest BCUT2D eigenvalue weighted by Crippen LogP contribution is 2.40. The Balaban J connectivity index is 1.70. The van der Waals surface area contributed by atoms with Crippen molar-refractivity contribution in [3.05, 3.63) is 83.9 Å². The molecular formula is C19H12F2N2O5S2. The number of hydrogen-bond donors (Lipinski definition) is 1. The van der Waals surface area contributed by atoms with Crippen molar-refractivity contribution in [2.75, 3.05) is 9.03 Å². The molecule has 0 aromatic heterocycles. The van der Waals surface area contributed by atoms with Crippen LogP contribution in [0.1, 0.15) is 10.4 Å². The number of carbonyl (C=O) groups is 1. The van der Waals surface area contributed by atoms with Gasteiger partial charge in [0.25, 0.3) is 26.0 Å². The average Bonchev–Trinajstić information content (AvgIpc) is 2.85. The Kier molecular flexibility index (Phi) is 4.59. The molecule has 0 bridgehead atoms. The van der Waals surface area contributed by atoms with Crippen molar-refractivity contribution < 1.29 is 30.4 Å². The average molecular weight is 450 g/mol. The Hall–Kier alpha value is -3.31. The van der Waals surface area contributed by atoms with Gasteiger partial charge in [-0.05, 0) is 42.5 Å². The predicted molar refractivity (Wildman–Crippen MR) is 104 cm³/mol. The molecule has 1 aliphatic rings. The number of nitrogens with one attached hydrogen (secondary N) is 1. The third-order valence-corrected chi connectivity index (χ3v) is 8.77. The van der Waals surface area contributed by atoms with E-state index in [1.807, 2.05) is 0 Å². The van der Waals surface area contributed by atoms with E-state index in [1.54, 1.807) is 0 Å². The minimum atomic E-state index is -4.46. The van der Waals surface area contributed by atoms with Gasteiger partial charge in [-0.2, -0.15) is 20.5 Å². The van der Waals surface area contributed by atoms with E-state index in [1.165, 1.54) is 24.3 Å². The molecule has 0 aliphatic carbocycles. The normalized spacial score (nSPS) is 16.1. The fourth-order valence-corrected chi connectivity index (χ4v) is 7.44. The molecule has 0 radical (unpaired) electrons. The van der Waals surface area contributed by atoms with Crippen LogP contribution in [0.5, 0.6) is 0 Å². The summed E-state index contributed by atoms with van der Waals surface area (Å²) >= 11 is 0. The van der Waals surface area contributed by atoms with E-state index in [-0.39, 0.29) is 15.0 Å². The number of carbonyl (C=O) groups excluding carboxylic acids is 1. The highest BCUT2D eigenvalue weighted by atomic mass is 32.3. The minimum Gasteiger partial charge on any atom is -0.319 e. The van der Waals surface area contributed by atoms with Crippen LogP contribution in [0.4, 0.5) is 20.2 Å². The summed E-state index contributed by atoms with van der Waals surface area (Å²) in [5, 5.41) is 2.23. The molecule has 1 heterocycles. The van der Waals surface area contributed by atoms with Crippen molar-refractivity contribution in [1.82, 2.24) is 0 Å². The number of rotatable bonds is 3. The Morgan fingerprint density at radius 1 is 0.800 bits per heavy atom. The minimum absolute atomic E-state index is 0.0568. The lowest BCUT2D eigenvalue weighted by molar-refractivity contribution is 0.102. The van der Waals surface area contributed by atoms with E-state index in [0.717, 1.165) is 36.4 Å². The van der Waals surface area contributed by atoms with Gasteiger partial charge in [-0.3, -0.25) is 4.79 Å². The Labute approximate surface area is 170 Å². The molecule has 11 heteroatoms. The number of halogens is 2. The van der Waals surface area contributed by atoms with Gasteiger partial charge in [-0.25, -0.2) is 8.78 Å². The number of sulfonamides is 2. The molecular weight excluding hydrogens is 438 g/mol. The molecule has 0 fully saturated rings. The van der Waals surface area contributed by atoms with Crippen molar-refractivity contribution in [2.45, 2.75) is 9.79 Å². The van der Waals surface area contributed by atoms with Gasteiger partial charge in [0.05, 0.1) is 11.4 Å². The third kappa shape index (κ3) is 3.12. The summed E-state index contributed by atoms with van der Waals surface area (Å²) in [5.74, 6) is -2.52. The number of hydrogen-bond acceptors (Lipinski definition) is 5. The topological polar surface area (TPSA) is 101 Å². The van der Waals surface area contributed by atoms with Crippen molar-refractivity contribution >= 4 is 37.3 Å². The van der Waals surface area contributed by atoms with Crippen molar-refractivity contribution in [3.63, 3.8) is 0 Å². The predicted octanol–water partition coefficient (Wildman–Crippen LogP) is 3.11. The zero-order valence-corrected chi connectivity index (χ0v) is 16.5. The second-order valence-electron chi connectivity index (χ2n) is 6.28. The van der Waals surface area contributed by atoms with Gasteiger partial charge in [0.1, 0.15) is 21.4 Å². The molecule has 30 heavy (non-hydrogen) atoms.